The van der Waals surface area contributed by atoms with Crippen LogP contribution in [0, 0.1) is 0 Å². The van der Waals surface area contributed by atoms with Crippen LogP contribution in [-0.2, 0) is 6.61 Å². The molecule has 0 atom stereocenters. The zero-order valence-electron chi connectivity index (χ0n) is 18.9. The van der Waals surface area contributed by atoms with Gasteiger partial charge in [-0.2, -0.15) is 0 Å². The minimum absolute atomic E-state index is 0.209. The van der Waals surface area contributed by atoms with E-state index in [1.807, 2.05) is 54.6 Å². The molecule has 0 unspecified atom stereocenters. The molecule has 0 aliphatic heterocycles. The van der Waals surface area contributed by atoms with Crippen molar-refractivity contribution < 1.29 is 24.1 Å². The first kappa shape index (κ1) is 23.9. The fourth-order valence-electron chi connectivity index (χ4n) is 3.23. The minimum atomic E-state index is -0.976. The van der Waals surface area contributed by atoms with Gasteiger partial charge in [0.1, 0.15) is 18.1 Å². The smallest absolute Gasteiger partial charge is 0.335 e. The SMILES string of the molecule is COc1cc(C=Nc2ccc(Oc3ccccc3)cc2)cc(Cl)c1OCc1ccc(C(=O)O)cc1. The van der Waals surface area contributed by atoms with Gasteiger partial charge in [0.25, 0.3) is 0 Å². The number of rotatable bonds is 9. The first-order chi connectivity index (χ1) is 17.0. The van der Waals surface area contributed by atoms with Gasteiger partial charge in [-0.05, 0) is 71.8 Å². The topological polar surface area (TPSA) is 77.3 Å². The Morgan fingerprint density at radius 1 is 0.943 bits per heavy atom. The number of aliphatic imine (C=N–C) groups is 1. The Balaban J connectivity index is 1.43. The second-order valence-corrected chi connectivity index (χ2v) is 7.90. The van der Waals surface area contributed by atoms with Gasteiger partial charge in [-0.1, -0.05) is 41.9 Å². The number of hydrogen-bond donors (Lipinski definition) is 1. The second kappa shape index (κ2) is 11.2. The van der Waals surface area contributed by atoms with Crippen molar-refractivity contribution >= 4 is 29.5 Å². The van der Waals surface area contributed by atoms with Crippen LogP contribution in [0.1, 0.15) is 21.5 Å². The van der Waals surface area contributed by atoms with E-state index < -0.39 is 5.97 Å². The van der Waals surface area contributed by atoms with Crippen LogP contribution >= 0.6 is 11.6 Å². The van der Waals surface area contributed by atoms with E-state index in [0.29, 0.717) is 16.5 Å². The quantitative estimate of drug-likeness (QED) is 0.253. The molecule has 0 aliphatic carbocycles. The van der Waals surface area contributed by atoms with Crippen molar-refractivity contribution in [2.45, 2.75) is 6.61 Å². The lowest BCUT2D eigenvalue weighted by atomic mass is 10.1. The van der Waals surface area contributed by atoms with Crippen LogP contribution in [0.15, 0.2) is 96.0 Å². The lowest BCUT2D eigenvalue weighted by Gasteiger charge is -2.13. The van der Waals surface area contributed by atoms with Crippen LogP contribution in [0.5, 0.6) is 23.0 Å². The van der Waals surface area contributed by atoms with E-state index in [2.05, 4.69) is 4.99 Å². The van der Waals surface area contributed by atoms with Gasteiger partial charge in [-0.25, -0.2) is 4.79 Å². The molecule has 6 nitrogen and oxygen atoms in total. The van der Waals surface area contributed by atoms with Crippen LogP contribution in [0.2, 0.25) is 5.02 Å². The molecule has 1 N–H and O–H groups in total. The highest BCUT2D eigenvalue weighted by atomic mass is 35.5. The van der Waals surface area contributed by atoms with E-state index in [1.165, 1.54) is 19.2 Å². The molecule has 0 aliphatic rings. The van der Waals surface area contributed by atoms with Gasteiger partial charge in [0.15, 0.2) is 11.5 Å². The number of methoxy groups -OCH3 is 1. The number of carboxylic acids is 1. The highest BCUT2D eigenvalue weighted by molar-refractivity contribution is 6.32. The van der Waals surface area contributed by atoms with Gasteiger partial charge in [0.2, 0.25) is 0 Å². The molecule has 4 aromatic carbocycles. The molecule has 4 aromatic rings. The maximum absolute atomic E-state index is 11.0. The highest BCUT2D eigenvalue weighted by Crippen LogP contribution is 2.37. The van der Waals surface area contributed by atoms with Crippen LogP contribution < -0.4 is 14.2 Å². The van der Waals surface area contributed by atoms with E-state index >= 15 is 0 Å². The van der Waals surface area contributed by atoms with Crippen LogP contribution in [0.4, 0.5) is 5.69 Å². The summed E-state index contributed by atoms with van der Waals surface area (Å²) >= 11 is 6.46. The Bertz CT molecular complexity index is 1320. The Morgan fingerprint density at radius 3 is 2.29 bits per heavy atom. The Hall–Kier alpha value is -4.29. The number of benzene rings is 4. The Labute approximate surface area is 208 Å². The van der Waals surface area contributed by atoms with Crippen LogP contribution in [0.25, 0.3) is 0 Å². The van der Waals surface area contributed by atoms with Crippen molar-refractivity contribution in [1.82, 2.24) is 0 Å². The number of hydrogen-bond acceptors (Lipinski definition) is 5. The molecular formula is C28H22ClNO5. The molecule has 0 aromatic heterocycles. The summed E-state index contributed by atoms with van der Waals surface area (Å²) in [5.41, 5.74) is 2.52. The second-order valence-electron chi connectivity index (χ2n) is 7.49. The number of nitrogens with zero attached hydrogens (tertiary/aromatic N) is 1. The molecule has 0 amide bonds. The van der Waals surface area contributed by atoms with Crippen molar-refractivity contribution in [2.24, 2.45) is 4.99 Å². The highest BCUT2D eigenvalue weighted by Gasteiger charge is 2.12. The zero-order valence-corrected chi connectivity index (χ0v) is 19.6. The molecular weight excluding hydrogens is 466 g/mol. The summed E-state index contributed by atoms with van der Waals surface area (Å²) < 4.78 is 17.1. The normalized spacial score (nSPS) is 10.8. The molecule has 0 saturated carbocycles. The first-order valence-electron chi connectivity index (χ1n) is 10.7. The largest absolute Gasteiger partial charge is 0.493 e. The number of para-hydroxylation sites is 1. The van der Waals surface area contributed by atoms with Crippen molar-refractivity contribution in [1.29, 1.82) is 0 Å². The summed E-state index contributed by atoms with van der Waals surface area (Å²) in [6, 6.07) is 27.0. The third-order valence-electron chi connectivity index (χ3n) is 5.01. The van der Waals surface area contributed by atoms with E-state index in [4.69, 9.17) is 30.9 Å². The predicted octanol–water partition coefficient (Wildman–Crippen LogP) is 7.17. The summed E-state index contributed by atoms with van der Waals surface area (Å²) in [7, 11) is 1.53. The van der Waals surface area contributed by atoms with Crippen molar-refractivity contribution in [3.05, 3.63) is 113 Å². The fraction of sp³-hybridized carbons (Fsp3) is 0.0714. The molecule has 0 spiro atoms. The molecule has 176 valence electrons. The minimum Gasteiger partial charge on any atom is -0.493 e. The maximum atomic E-state index is 11.0. The molecule has 0 heterocycles. The average Bonchev–Trinajstić information content (AvgIpc) is 2.88. The number of halogens is 1. The molecule has 0 radical (unpaired) electrons. The van der Waals surface area contributed by atoms with Gasteiger partial charge < -0.3 is 19.3 Å². The van der Waals surface area contributed by atoms with E-state index in [1.54, 1.807) is 30.5 Å². The molecule has 35 heavy (non-hydrogen) atoms. The number of carbonyl (C=O) groups is 1. The van der Waals surface area contributed by atoms with Crippen LogP contribution in [0.3, 0.4) is 0 Å². The summed E-state index contributed by atoms with van der Waals surface area (Å²) in [6.07, 6.45) is 1.69. The Morgan fingerprint density at radius 2 is 1.63 bits per heavy atom. The summed E-state index contributed by atoms with van der Waals surface area (Å²) in [6.45, 7) is 0.209. The van der Waals surface area contributed by atoms with E-state index in [-0.39, 0.29) is 12.2 Å². The molecule has 0 saturated heterocycles. The summed E-state index contributed by atoms with van der Waals surface area (Å²) in [5, 5.41) is 9.39. The summed E-state index contributed by atoms with van der Waals surface area (Å²) in [5.74, 6) is 1.38. The third kappa shape index (κ3) is 6.40. The van der Waals surface area contributed by atoms with E-state index in [9.17, 15) is 4.79 Å². The van der Waals surface area contributed by atoms with Crippen molar-refractivity contribution in [3.8, 4) is 23.0 Å². The standard InChI is InChI=1S/C28H22ClNO5/c1-33-26-16-20(15-25(29)27(26)34-18-19-7-9-21(10-8-19)28(31)32)17-30-22-11-13-24(14-12-22)35-23-5-3-2-4-6-23/h2-17H,18H2,1H3,(H,31,32). The number of ether oxygens (including phenoxy) is 3. The van der Waals surface area contributed by atoms with Gasteiger partial charge in [0.05, 0.1) is 23.4 Å². The van der Waals surface area contributed by atoms with Gasteiger partial charge in [0, 0.05) is 6.21 Å². The molecule has 0 bridgehead atoms. The van der Waals surface area contributed by atoms with Gasteiger partial charge >= 0.3 is 5.97 Å². The first-order valence-corrected chi connectivity index (χ1v) is 11.1. The van der Waals surface area contributed by atoms with Crippen molar-refractivity contribution in [2.75, 3.05) is 7.11 Å². The predicted molar refractivity (Wildman–Crippen MR) is 136 cm³/mol. The zero-order chi connectivity index (χ0) is 24.6. The number of aromatic carboxylic acids is 1. The monoisotopic (exact) mass is 487 g/mol. The van der Waals surface area contributed by atoms with E-state index in [0.717, 1.165) is 28.3 Å². The van der Waals surface area contributed by atoms with Crippen LogP contribution in [-0.4, -0.2) is 24.4 Å². The van der Waals surface area contributed by atoms with Gasteiger partial charge in [-0.3, -0.25) is 4.99 Å². The molecule has 0 fully saturated rings. The lowest BCUT2D eigenvalue weighted by Crippen LogP contribution is -2.01. The fourth-order valence-corrected chi connectivity index (χ4v) is 3.50. The molecule has 7 heteroatoms. The molecule has 4 rings (SSSR count). The summed E-state index contributed by atoms with van der Waals surface area (Å²) in [4.78, 5) is 15.5. The maximum Gasteiger partial charge on any atom is 0.335 e. The third-order valence-corrected chi connectivity index (χ3v) is 5.29. The average molecular weight is 488 g/mol. The Kier molecular flexibility index (Phi) is 7.65. The number of carboxylic acid groups (broad SMARTS) is 1. The lowest BCUT2D eigenvalue weighted by molar-refractivity contribution is 0.0697. The van der Waals surface area contributed by atoms with Gasteiger partial charge in [-0.15, -0.1) is 0 Å². The van der Waals surface area contributed by atoms with Crippen molar-refractivity contribution in [3.63, 3.8) is 0 Å².